The van der Waals surface area contributed by atoms with Crippen LogP contribution in [-0.4, -0.2) is 79.0 Å². The number of rotatable bonds is 4. The van der Waals surface area contributed by atoms with Crippen LogP contribution >= 0.6 is 0 Å². The third-order valence-corrected chi connectivity index (χ3v) is 6.86. The van der Waals surface area contributed by atoms with Crippen molar-refractivity contribution in [3.05, 3.63) is 59.7 Å². The van der Waals surface area contributed by atoms with Gasteiger partial charge in [0.05, 0.1) is 11.6 Å². The molecule has 2 aliphatic heterocycles. The summed E-state index contributed by atoms with van der Waals surface area (Å²) >= 11 is 0. The molecule has 2 aromatic rings. The first-order valence-electron chi connectivity index (χ1n) is 11.4. The van der Waals surface area contributed by atoms with Gasteiger partial charge in [0.1, 0.15) is 0 Å². The summed E-state index contributed by atoms with van der Waals surface area (Å²) in [6.45, 7) is 2.83. The first-order chi connectivity index (χ1) is 16.1. The summed E-state index contributed by atoms with van der Waals surface area (Å²) in [6.07, 6.45) is -2.71. The number of alkyl halides is 3. The second kappa shape index (κ2) is 9.66. The number of carbonyl (C=O) groups excluding carboxylic acids is 2. The van der Waals surface area contributed by atoms with Gasteiger partial charge in [0, 0.05) is 45.3 Å². The summed E-state index contributed by atoms with van der Waals surface area (Å²) in [4.78, 5) is 31.2. The molecule has 182 valence electrons. The maximum absolute atomic E-state index is 13.0. The van der Waals surface area contributed by atoms with Crippen molar-refractivity contribution < 1.29 is 22.8 Å². The highest BCUT2D eigenvalue weighted by molar-refractivity contribution is 5.95. The van der Waals surface area contributed by atoms with Crippen LogP contribution in [0.2, 0.25) is 0 Å². The molecule has 2 fully saturated rings. The zero-order valence-electron chi connectivity index (χ0n) is 19.3. The second-order valence-corrected chi connectivity index (χ2v) is 9.00. The molecule has 2 aliphatic rings. The number of halogens is 3. The van der Waals surface area contributed by atoms with Crippen molar-refractivity contribution in [3.63, 3.8) is 0 Å². The minimum Gasteiger partial charge on any atom is -0.337 e. The molecule has 6 nitrogen and oxygen atoms in total. The van der Waals surface area contributed by atoms with Crippen LogP contribution in [0, 0.1) is 0 Å². The lowest BCUT2D eigenvalue weighted by atomic mass is 10.0. The Hall–Kier alpha value is -3.07. The SMILES string of the molecule is CN(C(=O)N1CC[C@H](N(C)C(=O)c2ccc(-c3ccc(C(F)(F)F)cc3)cc2)C1)C1CCNC1. The second-order valence-electron chi connectivity index (χ2n) is 9.00. The van der Waals surface area contributed by atoms with E-state index in [-0.39, 0.29) is 24.0 Å². The van der Waals surface area contributed by atoms with Gasteiger partial charge < -0.3 is 20.0 Å². The van der Waals surface area contributed by atoms with E-state index in [9.17, 15) is 22.8 Å². The molecule has 1 N–H and O–H groups in total. The summed E-state index contributed by atoms with van der Waals surface area (Å²) in [5, 5.41) is 3.27. The quantitative estimate of drug-likeness (QED) is 0.731. The van der Waals surface area contributed by atoms with E-state index in [0.29, 0.717) is 30.6 Å². The van der Waals surface area contributed by atoms with Gasteiger partial charge in [-0.3, -0.25) is 4.79 Å². The Morgan fingerprint density at radius 3 is 2.09 bits per heavy atom. The molecule has 0 spiro atoms. The standard InChI is InChI=1S/C25H29F3N4O2/c1-30(22-12-14-32(16-22)24(34)31(2)21-11-13-29-15-21)23(33)19-5-3-17(4-6-19)18-7-9-20(10-8-18)25(26,27)28/h3-10,21-22,29H,11-16H2,1-2H3/t21?,22-/m0/s1. The molecule has 2 aromatic carbocycles. The van der Waals surface area contributed by atoms with E-state index in [2.05, 4.69) is 5.32 Å². The predicted molar refractivity (Wildman–Crippen MR) is 123 cm³/mol. The Balaban J connectivity index is 1.37. The van der Waals surface area contributed by atoms with Crippen LogP contribution in [0.4, 0.5) is 18.0 Å². The molecular weight excluding hydrogens is 445 g/mol. The van der Waals surface area contributed by atoms with Gasteiger partial charge in [0.15, 0.2) is 0 Å². The lowest BCUT2D eigenvalue weighted by Gasteiger charge is -2.30. The zero-order valence-corrected chi connectivity index (χ0v) is 19.3. The van der Waals surface area contributed by atoms with E-state index in [0.717, 1.165) is 37.2 Å². The summed E-state index contributed by atoms with van der Waals surface area (Å²) in [6, 6.07) is 11.9. The van der Waals surface area contributed by atoms with Crippen molar-refractivity contribution >= 4 is 11.9 Å². The maximum Gasteiger partial charge on any atom is 0.416 e. The number of urea groups is 1. The number of amides is 3. The molecule has 2 saturated heterocycles. The van der Waals surface area contributed by atoms with Crippen molar-refractivity contribution in [2.24, 2.45) is 0 Å². The Morgan fingerprint density at radius 2 is 1.53 bits per heavy atom. The predicted octanol–water partition coefficient (Wildman–Crippen LogP) is 3.93. The van der Waals surface area contributed by atoms with Gasteiger partial charge in [-0.25, -0.2) is 4.79 Å². The molecule has 0 radical (unpaired) electrons. The third kappa shape index (κ3) is 5.04. The van der Waals surface area contributed by atoms with E-state index >= 15 is 0 Å². The Bertz CT molecular complexity index is 1020. The fourth-order valence-corrected chi connectivity index (χ4v) is 4.61. The highest BCUT2D eigenvalue weighted by atomic mass is 19.4. The largest absolute Gasteiger partial charge is 0.416 e. The average Bonchev–Trinajstić information content (AvgIpc) is 3.55. The van der Waals surface area contributed by atoms with Crippen molar-refractivity contribution in [3.8, 4) is 11.1 Å². The van der Waals surface area contributed by atoms with Gasteiger partial charge in [-0.05, 0) is 54.8 Å². The molecule has 0 bridgehead atoms. The van der Waals surface area contributed by atoms with E-state index in [1.165, 1.54) is 12.1 Å². The van der Waals surface area contributed by atoms with Crippen LogP contribution < -0.4 is 5.32 Å². The summed E-state index contributed by atoms with van der Waals surface area (Å²) in [5.74, 6) is -0.147. The van der Waals surface area contributed by atoms with Gasteiger partial charge in [-0.2, -0.15) is 13.2 Å². The number of nitrogens with one attached hydrogen (secondary N) is 1. The molecule has 2 atom stereocenters. The summed E-state index contributed by atoms with van der Waals surface area (Å²) in [7, 11) is 3.58. The fourth-order valence-electron chi connectivity index (χ4n) is 4.61. The monoisotopic (exact) mass is 474 g/mol. The zero-order chi connectivity index (χ0) is 24.5. The average molecular weight is 475 g/mol. The number of benzene rings is 2. The molecule has 34 heavy (non-hydrogen) atoms. The van der Waals surface area contributed by atoms with Gasteiger partial charge >= 0.3 is 12.2 Å². The first kappa shape index (κ1) is 24.1. The van der Waals surface area contributed by atoms with E-state index in [1.807, 2.05) is 7.05 Å². The number of nitrogens with zero attached hydrogens (tertiary/aromatic N) is 3. The Labute approximate surface area is 197 Å². The summed E-state index contributed by atoms with van der Waals surface area (Å²) in [5.41, 5.74) is 1.18. The van der Waals surface area contributed by atoms with Crippen LogP contribution in [0.15, 0.2) is 48.5 Å². The van der Waals surface area contributed by atoms with Gasteiger partial charge in [-0.15, -0.1) is 0 Å². The Morgan fingerprint density at radius 1 is 0.912 bits per heavy atom. The number of hydrogen-bond acceptors (Lipinski definition) is 3. The van der Waals surface area contributed by atoms with Crippen molar-refractivity contribution in [2.45, 2.75) is 31.1 Å². The molecule has 1 unspecified atom stereocenters. The van der Waals surface area contributed by atoms with Crippen LogP contribution in [0.3, 0.4) is 0 Å². The molecule has 0 saturated carbocycles. The highest BCUT2D eigenvalue weighted by Crippen LogP contribution is 2.31. The number of hydrogen-bond donors (Lipinski definition) is 1. The highest BCUT2D eigenvalue weighted by Gasteiger charge is 2.34. The number of carbonyl (C=O) groups is 2. The van der Waals surface area contributed by atoms with E-state index in [4.69, 9.17) is 0 Å². The van der Waals surface area contributed by atoms with Crippen LogP contribution in [0.1, 0.15) is 28.8 Å². The van der Waals surface area contributed by atoms with E-state index in [1.54, 1.807) is 46.0 Å². The maximum atomic E-state index is 13.0. The van der Waals surface area contributed by atoms with Gasteiger partial charge in [0.2, 0.25) is 0 Å². The van der Waals surface area contributed by atoms with Crippen LogP contribution in [0.5, 0.6) is 0 Å². The molecular formula is C25H29F3N4O2. The molecule has 4 rings (SSSR count). The van der Waals surface area contributed by atoms with Crippen molar-refractivity contribution in [1.29, 1.82) is 0 Å². The minimum absolute atomic E-state index is 0.00190. The third-order valence-electron chi connectivity index (χ3n) is 6.86. The smallest absolute Gasteiger partial charge is 0.337 e. The topological polar surface area (TPSA) is 55.9 Å². The van der Waals surface area contributed by atoms with Gasteiger partial charge in [0.25, 0.3) is 5.91 Å². The molecule has 3 amide bonds. The Kier molecular flexibility index (Phi) is 6.84. The van der Waals surface area contributed by atoms with Crippen molar-refractivity contribution in [2.75, 3.05) is 40.3 Å². The minimum atomic E-state index is -4.37. The first-order valence-corrected chi connectivity index (χ1v) is 11.4. The van der Waals surface area contributed by atoms with Crippen LogP contribution in [-0.2, 0) is 6.18 Å². The summed E-state index contributed by atoms with van der Waals surface area (Å²) < 4.78 is 38.3. The van der Waals surface area contributed by atoms with Gasteiger partial charge in [-0.1, -0.05) is 24.3 Å². The molecule has 2 heterocycles. The lowest BCUT2D eigenvalue weighted by Crippen LogP contribution is -2.47. The van der Waals surface area contributed by atoms with Crippen LogP contribution in [0.25, 0.3) is 11.1 Å². The fraction of sp³-hybridized carbons (Fsp3) is 0.440. The number of likely N-dealkylation sites (N-methyl/N-ethyl adjacent to an activating group) is 2. The molecule has 9 heteroatoms. The van der Waals surface area contributed by atoms with Crippen molar-refractivity contribution in [1.82, 2.24) is 20.0 Å². The number of likely N-dealkylation sites (tertiary alicyclic amines) is 1. The van der Waals surface area contributed by atoms with E-state index < -0.39 is 11.7 Å². The molecule has 0 aliphatic carbocycles. The lowest BCUT2D eigenvalue weighted by molar-refractivity contribution is -0.137. The molecule has 0 aromatic heterocycles. The normalized spacial score (nSPS) is 20.4.